The molecule has 0 spiro atoms. The zero-order valence-electron chi connectivity index (χ0n) is 8.06. The summed E-state index contributed by atoms with van der Waals surface area (Å²) in [7, 11) is 0. The average molecular weight is 152 g/mol. The first kappa shape index (κ1) is 10.5. The molecule has 0 saturated heterocycles. The van der Waals surface area contributed by atoms with Crippen molar-refractivity contribution in [2.75, 3.05) is 0 Å². The fourth-order valence-corrected chi connectivity index (χ4v) is 1.26. The summed E-state index contributed by atoms with van der Waals surface area (Å²) in [6.45, 7) is 14.5. The highest BCUT2D eigenvalue weighted by Gasteiger charge is 2.06. The van der Waals surface area contributed by atoms with E-state index in [1.807, 2.05) is 6.08 Å². The lowest BCUT2D eigenvalue weighted by molar-refractivity contribution is 0.482. The Bertz CT molecular complexity index is 131. The Morgan fingerprint density at radius 1 is 1.36 bits per heavy atom. The molecular weight excluding hydrogens is 132 g/mol. The highest BCUT2D eigenvalue weighted by molar-refractivity contribution is 5.03. The first-order chi connectivity index (χ1) is 5.07. The molecule has 0 aliphatic rings. The van der Waals surface area contributed by atoms with E-state index in [9.17, 15) is 0 Å². The van der Waals surface area contributed by atoms with Gasteiger partial charge in [-0.1, -0.05) is 39.0 Å². The molecule has 0 heterocycles. The fraction of sp³-hybridized carbons (Fsp3) is 0.636. The van der Waals surface area contributed by atoms with Crippen LogP contribution in [0.25, 0.3) is 0 Å². The summed E-state index contributed by atoms with van der Waals surface area (Å²) in [6.07, 6.45) is 4.14. The molecule has 0 aromatic rings. The van der Waals surface area contributed by atoms with Gasteiger partial charge < -0.3 is 0 Å². The number of allylic oxidation sites excluding steroid dienone is 2. The Kier molecular flexibility index (Phi) is 4.93. The van der Waals surface area contributed by atoms with Crippen molar-refractivity contribution in [3.63, 3.8) is 0 Å². The minimum Gasteiger partial charge on any atom is -0.103 e. The lowest BCUT2D eigenvalue weighted by atomic mass is 9.91. The molecule has 0 N–H and O–H groups in total. The molecule has 0 nitrogen and oxygen atoms in total. The van der Waals surface area contributed by atoms with Crippen LogP contribution in [0.1, 0.15) is 33.6 Å². The van der Waals surface area contributed by atoms with Crippen LogP contribution in [0.5, 0.6) is 0 Å². The first-order valence-electron chi connectivity index (χ1n) is 4.36. The van der Waals surface area contributed by atoms with Crippen LogP contribution in [0.2, 0.25) is 0 Å². The Balaban J connectivity index is 3.72. The molecule has 0 aromatic carbocycles. The molecule has 0 radical (unpaired) electrons. The summed E-state index contributed by atoms with van der Waals surface area (Å²) in [6, 6.07) is 0. The average Bonchev–Trinajstić information content (AvgIpc) is 1.86. The maximum atomic E-state index is 4.03. The highest BCUT2D eigenvalue weighted by Crippen LogP contribution is 2.20. The van der Waals surface area contributed by atoms with Crippen molar-refractivity contribution in [1.29, 1.82) is 0 Å². The second-order valence-electron chi connectivity index (χ2n) is 3.68. The third kappa shape index (κ3) is 4.83. The summed E-state index contributed by atoms with van der Waals surface area (Å²) in [5.74, 6) is 1.42. The van der Waals surface area contributed by atoms with Gasteiger partial charge >= 0.3 is 0 Å². The maximum Gasteiger partial charge on any atom is -0.0142 e. The van der Waals surface area contributed by atoms with Gasteiger partial charge in [0, 0.05) is 0 Å². The third-order valence-corrected chi connectivity index (χ3v) is 1.93. The van der Waals surface area contributed by atoms with Crippen LogP contribution in [0.15, 0.2) is 24.8 Å². The Hall–Kier alpha value is -0.520. The van der Waals surface area contributed by atoms with Crippen molar-refractivity contribution < 1.29 is 0 Å². The highest BCUT2D eigenvalue weighted by atomic mass is 14.1. The van der Waals surface area contributed by atoms with Gasteiger partial charge in [0.2, 0.25) is 0 Å². The molecule has 11 heavy (non-hydrogen) atoms. The van der Waals surface area contributed by atoms with Gasteiger partial charge in [-0.25, -0.2) is 0 Å². The summed E-state index contributed by atoms with van der Waals surface area (Å²) < 4.78 is 0. The molecular formula is C11H20. The van der Waals surface area contributed by atoms with Crippen LogP contribution in [-0.4, -0.2) is 0 Å². The monoisotopic (exact) mass is 152 g/mol. The van der Waals surface area contributed by atoms with Crippen LogP contribution >= 0.6 is 0 Å². The summed E-state index contributed by atoms with van der Waals surface area (Å²) in [5, 5.41) is 0. The largest absolute Gasteiger partial charge is 0.103 e. The minimum absolute atomic E-state index is 0.646. The van der Waals surface area contributed by atoms with Crippen LogP contribution in [-0.2, 0) is 0 Å². The van der Waals surface area contributed by atoms with Crippen LogP contribution in [0, 0.1) is 11.8 Å². The van der Waals surface area contributed by atoms with Gasteiger partial charge in [-0.3, -0.25) is 0 Å². The number of hydrogen-bond acceptors (Lipinski definition) is 0. The number of rotatable bonds is 5. The van der Waals surface area contributed by atoms with Crippen LogP contribution < -0.4 is 0 Å². The molecule has 0 aromatic heterocycles. The smallest absolute Gasteiger partial charge is 0.0142 e. The lowest BCUT2D eigenvalue weighted by Gasteiger charge is -2.15. The molecule has 0 saturated carbocycles. The van der Waals surface area contributed by atoms with E-state index in [1.165, 1.54) is 12.0 Å². The summed E-state index contributed by atoms with van der Waals surface area (Å²) in [4.78, 5) is 0. The van der Waals surface area contributed by atoms with E-state index in [1.54, 1.807) is 0 Å². The van der Waals surface area contributed by atoms with Gasteiger partial charge in [-0.05, 0) is 24.7 Å². The second-order valence-corrected chi connectivity index (χ2v) is 3.68. The summed E-state index contributed by atoms with van der Waals surface area (Å²) in [5.41, 5.74) is 1.31. The van der Waals surface area contributed by atoms with E-state index in [-0.39, 0.29) is 0 Å². The Morgan fingerprint density at radius 3 is 2.27 bits per heavy atom. The summed E-state index contributed by atoms with van der Waals surface area (Å²) >= 11 is 0. The molecule has 0 amide bonds. The minimum atomic E-state index is 0.646. The quantitative estimate of drug-likeness (QED) is 0.526. The van der Waals surface area contributed by atoms with E-state index in [0.29, 0.717) is 5.92 Å². The van der Waals surface area contributed by atoms with Crippen molar-refractivity contribution in [1.82, 2.24) is 0 Å². The van der Waals surface area contributed by atoms with Crippen molar-refractivity contribution in [3.8, 4) is 0 Å². The second kappa shape index (κ2) is 5.17. The molecule has 0 bridgehead atoms. The van der Waals surface area contributed by atoms with E-state index in [0.717, 1.165) is 12.3 Å². The van der Waals surface area contributed by atoms with Crippen molar-refractivity contribution >= 4 is 0 Å². The molecule has 0 aliphatic carbocycles. The molecule has 0 rings (SSSR count). The van der Waals surface area contributed by atoms with Gasteiger partial charge in [0.25, 0.3) is 0 Å². The van der Waals surface area contributed by atoms with Gasteiger partial charge in [0.05, 0.1) is 0 Å². The van der Waals surface area contributed by atoms with Crippen LogP contribution in [0.3, 0.4) is 0 Å². The maximum absolute atomic E-state index is 4.03. The van der Waals surface area contributed by atoms with E-state index >= 15 is 0 Å². The standard InChI is InChI=1S/C11H20/c1-6-7-10(4)11(5)8-9(2)3/h6,9,11H,1,4,7-8H2,2-3,5H3/t11-/m1/s1. The molecule has 1 atom stereocenters. The molecule has 0 unspecified atom stereocenters. The molecule has 0 heteroatoms. The molecule has 0 aliphatic heterocycles. The number of hydrogen-bond donors (Lipinski definition) is 0. The van der Waals surface area contributed by atoms with Gasteiger partial charge in [0.1, 0.15) is 0 Å². The SMILES string of the molecule is C=CCC(=C)[C@H](C)CC(C)C. The predicted molar refractivity (Wildman–Crippen MR) is 52.6 cm³/mol. The molecule has 0 fully saturated rings. The normalized spacial score (nSPS) is 13.1. The first-order valence-corrected chi connectivity index (χ1v) is 4.36. The zero-order chi connectivity index (χ0) is 8.85. The van der Waals surface area contributed by atoms with Gasteiger partial charge in [-0.15, -0.1) is 6.58 Å². The van der Waals surface area contributed by atoms with Gasteiger partial charge in [0.15, 0.2) is 0 Å². The Morgan fingerprint density at radius 2 is 1.91 bits per heavy atom. The third-order valence-electron chi connectivity index (χ3n) is 1.93. The molecule has 64 valence electrons. The Labute approximate surface area is 71.0 Å². The van der Waals surface area contributed by atoms with E-state index < -0.39 is 0 Å². The van der Waals surface area contributed by atoms with E-state index in [2.05, 4.69) is 33.9 Å². The van der Waals surface area contributed by atoms with E-state index in [4.69, 9.17) is 0 Å². The van der Waals surface area contributed by atoms with Gasteiger partial charge in [-0.2, -0.15) is 0 Å². The van der Waals surface area contributed by atoms with Crippen molar-refractivity contribution in [2.24, 2.45) is 11.8 Å². The topological polar surface area (TPSA) is 0 Å². The fourth-order valence-electron chi connectivity index (χ4n) is 1.26. The predicted octanol–water partition coefficient (Wildman–Crippen LogP) is 3.80. The van der Waals surface area contributed by atoms with Crippen LogP contribution in [0.4, 0.5) is 0 Å². The zero-order valence-corrected chi connectivity index (χ0v) is 8.06. The van der Waals surface area contributed by atoms with Crippen molar-refractivity contribution in [2.45, 2.75) is 33.6 Å². The van der Waals surface area contributed by atoms with Crippen molar-refractivity contribution in [3.05, 3.63) is 24.8 Å². The lowest BCUT2D eigenvalue weighted by Crippen LogP contribution is -2.02.